The third kappa shape index (κ3) is 8.34. The lowest BCUT2D eigenvalue weighted by molar-refractivity contribution is -0.130. The van der Waals surface area contributed by atoms with Crippen LogP contribution < -0.4 is 16.0 Å². The van der Waals surface area contributed by atoms with Crippen molar-refractivity contribution in [2.24, 2.45) is 0 Å². The van der Waals surface area contributed by atoms with Crippen LogP contribution in [0.3, 0.4) is 0 Å². The van der Waals surface area contributed by atoms with E-state index in [1.807, 2.05) is 0 Å². The number of carbonyl (C=O) groups is 3. The molecule has 216 valence electrons. The van der Waals surface area contributed by atoms with Crippen LogP contribution in [0.2, 0.25) is 0 Å². The molecule has 0 unspecified atom stereocenters. The van der Waals surface area contributed by atoms with Crippen molar-refractivity contribution in [2.45, 2.75) is 56.7 Å². The number of hydrogen-bond acceptors (Lipinski definition) is 9. The minimum absolute atomic E-state index is 0.00640. The molecule has 0 spiro atoms. The van der Waals surface area contributed by atoms with Gasteiger partial charge in [-0.1, -0.05) is 0 Å². The number of aromatic nitrogens is 3. The highest BCUT2D eigenvalue weighted by Gasteiger charge is 2.27. The molecule has 4 rings (SSSR count). The summed E-state index contributed by atoms with van der Waals surface area (Å²) in [5.41, 5.74) is 0. The van der Waals surface area contributed by atoms with Gasteiger partial charge in [0.2, 0.25) is 35.6 Å². The number of halogens is 3. The number of nitrogens with zero attached hydrogens (tertiary/aromatic N) is 6. The Hall–Kier alpha value is -2.31. The van der Waals surface area contributed by atoms with E-state index in [-0.39, 0.29) is 53.5 Å². The second-order valence-electron chi connectivity index (χ2n) is 10.1. The fourth-order valence-corrected chi connectivity index (χ4v) is 5.70. The molecule has 0 atom stereocenters. The van der Waals surface area contributed by atoms with Gasteiger partial charge in [0.25, 0.3) is 0 Å². The Labute approximate surface area is 243 Å². The SMILES string of the molecule is O=C(CCl)N1CCC(Nc2nc(NC3CCN(C(=O)CCl)CC3)nc(NC3CCN(C(=O)CCl)CC3)n2)CC1. The summed E-state index contributed by atoms with van der Waals surface area (Å²) in [5, 5.41) is 10.3. The van der Waals surface area contributed by atoms with Crippen molar-refractivity contribution in [1.82, 2.24) is 29.7 Å². The van der Waals surface area contributed by atoms with Gasteiger partial charge in [0, 0.05) is 57.4 Å². The number of carbonyl (C=O) groups excluding carboxylic acids is 3. The molecule has 4 heterocycles. The monoisotopic (exact) mass is 603 g/mol. The van der Waals surface area contributed by atoms with E-state index in [9.17, 15) is 14.4 Å². The molecule has 3 aliphatic rings. The molecule has 3 aliphatic heterocycles. The summed E-state index contributed by atoms with van der Waals surface area (Å²) in [4.78, 5) is 55.0. The fraction of sp³-hybridized carbons (Fsp3) is 0.750. The molecule has 39 heavy (non-hydrogen) atoms. The van der Waals surface area contributed by atoms with Crippen LogP contribution in [0, 0.1) is 0 Å². The quantitative estimate of drug-likeness (QED) is 0.361. The molecular formula is C24H36Cl3N9O3. The van der Waals surface area contributed by atoms with Crippen molar-refractivity contribution < 1.29 is 14.4 Å². The van der Waals surface area contributed by atoms with Crippen LogP contribution in [0.5, 0.6) is 0 Å². The van der Waals surface area contributed by atoms with Crippen molar-refractivity contribution in [3.8, 4) is 0 Å². The topological polar surface area (TPSA) is 136 Å². The highest BCUT2D eigenvalue weighted by Crippen LogP contribution is 2.21. The van der Waals surface area contributed by atoms with Gasteiger partial charge in [-0.2, -0.15) is 15.0 Å². The smallest absolute Gasteiger partial charge is 0.237 e. The zero-order valence-electron chi connectivity index (χ0n) is 21.9. The number of nitrogens with one attached hydrogen (secondary N) is 3. The molecule has 1 aromatic rings. The fourth-order valence-electron chi connectivity index (χ4n) is 5.19. The predicted octanol–water partition coefficient (Wildman–Crippen LogP) is 1.80. The third-order valence-corrected chi connectivity index (χ3v) is 8.21. The van der Waals surface area contributed by atoms with E-state index in [4.69, 9.17) is 34.8 Å². The second kappa shape index (κ2) is 14.4. The molecular weight excluding hydrogens is 569 g/mol. The normalized spacial score (nSPS) is 19.6. The molecule has 0 aromatic carbocycles. The molecule has 0 aliphatic carbocycles. The van der Waals surface area contributed by atoms with Gasteiger partial charge in [-0.15, -0.1) is 34.8 Å². The summed E-state index contributed by atoms with van der Waals surface area (Å²) >= 11 is 17.1. The van der Waals surface area contributed by atoms with E-state index in [1.54, 1.807) is 14.7 Å². The summed E-state index contributed by atoms with van der Waals surface area (Å²) in [5.74, 6) is 1.21. The van der Waals surface area contributed by atoms with Crippen LogP contribution in [0.4, 0.5) is 17.8 Å². The van der Waals surface area contributed by atoms with Crippen molar-refractivity contribution in [3.05, 3.63) is 0 Å². The lowest BCUT2D eigenvalue weighted by atomic mass is 10.1. The first-order chi connectivity index (χ1) is 18.9. The minimum Gasteiger partial charge on any atom is -0.351 e. The summed E-state index contributed by atoms with van der Waals surface area (Å²) in [7, 11) is 0. The van der Waals surface area contributed by atoms with Gasteiger partial charge < -0.3 is 30.7 Å². The van der Waals surface area contributed by atoms with Crippen LogP contribution in [0.1, 0.15) is 38.5 Å². The molecule has 15 heteroatoms. The molecule has 3 fully saturated rings. The Bertz CT molecular complexity index is 860. The van der Waals surface area contributed by atoms with Crippen molar-refractivity contribution in [2.75, 3.05) is 72.9 Å². The Balaban J connectivity index is 1.41. The highest BCUT2D eigenvalue weighted by atomic mass is 35.5. The predicted molar refractivity (Wildman–Crippen MR) is 152 cm³/mol. The first kappa shape index (κ1) is 29.7. The second-order valence-corrected chi connectivity index (χ2v) is 10.9. The maximum Gasteiger partial charge on any atom is 0.237 e. The minimum atomic E-state index is -0.0501. The maximum atomic E-state index is 11.9. The molecule has 3 saturated heterocycles. The van der Waals surface area contributed by atoms with Gasteiger partial charge in [0.15, 0.2) is 0 Å². The molecule has 0 bridgehead atoms. The van der Waals surface area contributed by atoms with Crippen LogP contribution in [0.25, 0.3) is 0 Å². The van der Waals surface area contributed by atoms with Gasteiger partial charge in [-0.25, -0.2) is 0 Å². The van der Waals surface area contributed by atoms with E-state index < -0.39 is 0 Å². The van der Waals surface area contributed by atoms with Gasteiger partial charge in [-0.3, -0.25) is 14.4 Å². The van der Waals surface area contributed by atoms with Crippen LogP contribution in [-0.4, -0.2) is 122 Å². The number of piperidine rings is 3. The zero-order valence-corrected chi connectivity index (χ0v) is 24.1. The number of anilines is 3. The lowest BCUT2D eigenvalue weighted by Gasteiger charge is -2.33. The molecule has 0 saturated carbocycles. The van der Waals surface area contributed by atoms with Gasteiger partial charge >= 0.3 is 0 Å². The number of alkyl halides is 3. The van der Waals surface area contributed by atoms with Gasteiger partial charge in [-0.05, 0) is 38.5 Å². The number of likely N-dealkylation sites (tertiary alicyclic amines) is 3. The van der Waals surface area contributed by atoms with E-state index in [2.05, 4.69) is 30.9 Å². The van der Waals surface area contributed by atoms with Crippen molar-refractivity contribution >= 4 is 70.4 Å². The van der Waals surface area contributed by atoms with Crippen molar-refractivity contribution in [1.29, 1.82) is 0 Å². The van der Waals surface area contributed by atoms with Crippen LogP contribution in [0.15, 0.2) is 0 Å². The van der Waals surface area contributed by atoms with Gasteiger partial charge in [0.1, 0.15) is 17.6 Å². The van der Waals surface area contributed by atoms with E-state index in [0.29, 0.717) is 57.1 Å². The summed E-state index contributed by atoms with van der Waals surface area (Å²) < 4.78 is 0. The van der Waals surface area contributed by atoms with E-state index >= 15 is 0 Å². The van der Waals surface area contributed by atoms with Gasteiger partial charge in [0.05, 0.1) is 0 Å². The molecule has 12 nitrogen and oxygen atoms in total. The highest BCUT2D eigenvalue weighted by molar-refractivity contribution is 6.27. The van der Waals surface area contributed by atoms with Crippen molar-refractivity contribution in [3.63, 3.8) is 0 Å². The lowest BCUT2D eigenvalue weighted by Crippen LogP contribution is -2.44. The molecule has 3 amide bonds. The third-order valence-electron chi connectivity index (χ3n) is 7.52. The Morgan fingerprint density at radius 3 is 0.974 bits per heavy atom. The average molecular weight is 605 g/mol. The molecule has 0 radical (unpaired) electrons. The van der Waals surface area contributed by atoms with Crippen LogP contribution in [-0.2, 0) is 14.4 Å². The zero-order chi connectivity index (χ0) is 27.8. The molecule has 1 aromatic heterocycles. The Morgan fingerprint density at radius 1 is 0.538 bits per heavy atom. The first-order valence-electron chi connectivity index (χ1n) is 13.5. The average Bonchev–Trinajstić information content (AvgIpc) is 2.97. The largest absolute Gasteiger partial charge is 0.351 e. The number of amides is 3. The number of rotatable bonds is 9. The molecule has 3 N–H and O–H groups in total. The Kier molecular flexibility index (Phi) is 10.9. The maximum absolute atomic E-state index is 11.9. The summed E-state index contributed by atoms with van der Waals surface area (Å²) in [6.07, 6.45) is 4.58. The van der Waals surface area contributed by atoms with Crippen LogP contribution >= 0.6 is 34.8 Å². The summed E-state index contributed by atoms with van der Waals surface area (Å²) in [6.45, 7) is 3.77. The van der Waals surface area contributed by atoms with E-state index in [1.165, 1.54) is 0 Å². The Morgan fingerprint density at radius 2 is 0.769 bits per heavy atom. The van der Waals surface area contributed by atoms with E-state index in [0.717, 1.165) is 38.5 Å². The first-order valence-corrected chi connectivity index (χ1v) is 15.1. The number of hydrogen-bond donors (Lipinski definition) is 3. The summed E-state index contributed by atoms with van der Waals surface area (Å²) in [6, 6.07) is 0.339. The standard InChI is InChI=1S/C24H36Cl3N9O3/c25-13-19(37)34-7-1-16(2-8-34)28-22-31-23(29-17-3-9-35(10-4-17)20(38)14-26)33-24(32-22)30-18-5-11-36(12-6-18)21(39)15-27/h16-18H,1-15H2,(H3,28,29,30,31,32,33).